The molecular formula is C12H20N4O2S. The van der Waals surface area contributed by atoms with Crippen LogP contribution >= 0.6 is 11.8 Å². The Kier molecular flexibility index (Phi) is 4.68. The van der Waals surface area contributed by atoms with Gasteiger partial charge >= 0.3 is 5.97 Å². The maximum absolute atomic E-state index is 10.6. The lowest BCUT2D eigenvalue weighted by Crippen LogP contribution is -2.31. The van der Waals surface area contributed by atoms with Crippen molar-refractivity contribution in [3.05, 3.63) is 0 Å². The van der Waals surface area contributed by atoms with Crippen LogP contribution in [-0.4, -0.2) is 44.2 Å². The van der Waals surface area contributed by atoms with Gasteiger partial charge in [-0.05, 0) is 26.2 Å². The van der Waals surface area contributed by atoms with Gasteiger partial charge in [0.1, 0.15) is 0 Å². The fourth-order valence-electron chi connectivity index (χ4n) is 2.53. The summed E-state index contributed by atoms with van der Waals surface area (Å²) in [5, 5.41) is 17.9. The van der Waals surface area contributed by atoms with Crippen LogP contribution in [0.4, 0.5) is 5.95 Å². The van der Waals surface area contributed by atoms with Gasteiger partial charge in [0.2, 0.25) is 5.95 Å². The van der Waals surface area contributed by atoms with Crippen molar-refractivity contribution in [1.82, 2.24) is 14.8 Å². The second-order valence-electron chi connectivity index (χ2n) is 4.61. The molecule has 1 atom stereocenters. The number of carbonyl (C=O) groups is 1. The van der Waals surface area contributed by atoms with E-state index in [9.17, 15) is 4.79 Å². The van der Waals surface area contributed by atoms with Crippen LogP contribution in [0.15, 0.2) is 5.16 Å². The van der Waals surface area contributed by atoms with Gasteiger partial charge < -0.3 is 10.0 Å². The Morgan fingerprint density at radius 3 is 2.89 bits per heavy atom. The monoisotopic (exact) mass is 284 g/mol. The molecule has 1 N–H and O–H groups in total. The van der Waals surface area contributed by atoms with E-state index in [1.807, 2.05) is 11.5 Å². The largest absolute Gasteiger partial charge is 0.481 e. The maximum atomic E-state index is 10.6. The number of hydrogen-bond donors (Lipinski definition) is 1. The Bertz CT molecular complexity index is 449. The SMILES string of the molecule is CCC1CCCN1c1nnc(SCC(=O)O)n1CC. The molecule has 0 spiro atoms. The number of aliphatic carboxylic acids is 1. The molecule has 0 radical (unpaired) electrons. The molecule has 0 aliphatic carbocycles. The molecule has 1 saturated heterocycles. The van der Waals surface area contributed by atoms with Gasteiger partial charge in [-0.25, -0.2) is 0 Å². The van der Waals surface area contributed by atoms with Crippen molar-refractivity contribution in [3.63, 3.8) is 0 Å². The first-order valence-electron chi connectivity index (χ1n) is 6.71. The third-order valence-corrected chi connectivity index (χ3v) is 4.40. The van der Waals surface area contributed by atoms with E-state index in [4.69, 9.17) is 5.11 Å². The van der Waals surface area contributed by atoms with Crippen LogP contribution in [0.5, 0.6) is 0 Å². The number of hydrogen-bond acceptors (Lipinski definition) is 5. The molecule has 19 heavy (non-hydrogen) atoms. The first-order valence-corrected chi connectivity index (χ1v) is 7.70. The van der Waals surface area contributed by atoms with Gasteiger partial charge in [0.05, 0.1) is 5.75 Å². The Labute approximate surface area is 117 Å². The molecule has 2 rings (SSSR count). The molecule has 6 nitrogen and oxygen atoms in total. The van der Waals surface area contributed by atoms with Crippen molar-refractivity contribution in [1.29, 1.82) is 0 Å². The van der Waals surface area contributed by atoms with Crippen molar-refractivity contribution in [2.45, 2.75) is 50.9 Å². The molecule has 106 valence electrons. The molecule has 1 aliphatic rings. The average Bonchev–Trinajstić information content (AvgIpc) is 3.01. The van der Waals surface area contributed by atoms with Crippen molar-refractivity contribution in [3.8, 4) is 0 Å². The van der Waals surface area contributed by atoms with Gasteiger partial charge in [0.15, 0.2) is 5.16 Å². The number of carboxylic acid groups (broad SMARTS) is 1. The zero-order chi connectivity index (χ0) is 13.8. The molecule has 1 unspecified atom stereocenters. The smallest absolute Gasteiger partial charge is 0.313 e. The van der Waals surface area contributed by atoms with Crippen molar-refractivity contribution in [2.24, 2.45) is 0 Å². The van der Waals surface area contributed by atoms with Crippen LogP contribution in [-0.2, 0) is 11.3 Å². The van der Waals surface area contributed by atoms with Crippen molar-refractivity contribution < 1.29 is 9.90 Å². The third kappa shape index (κ3) is 3.02. The number of carboxylic acids is 1. The van der Waals surface area contributed by atoms with E-state index in [-0.39, 0.29) is 5.75 Å². The topological polar surface area (TPSA) is 71.2 Å². The summed E-state index contributed by atoms with van der Waals surface area (Å²) in [6, 6.07) is 0.534. The predicted molar refractivity (Wildman–Crippen MR) is 74.7 cm³/mol. The molecule has 0 aromatic carbocycles. The van der Waals surface area contributed by atoms with E-state index >= 15 is 0 Å². The highest BCUT2D eigenvalue weighted by atomic mass is 32.2. The Morgan fingerprint density at radius 1 is 1.47 bits per heavy atom. The molecule has 1 aromatic heterocycles. The van der Waals surface area contributed by atoms with Crippen LogP contribution in [0.2, 0.25) is 0 Å². The van der Waals surface area contributed by atoms with Crippen LogP contribution in [0.25, 0.3) is 0 Å². The van der Waals surface area contributed by atoms with Gasteiger partial charge in [-0.3, -0.25) is 9.36 Å². The number of aromatic nitrogens is 3. The number of anilines is 1. The molecule has 1 aromatic rings. The lowest BCUT2D eigenvalue weighted by molar-refractivity contribution is -0.133. The van der Waals surface area contributed by atoms with Crippen LogP contribution in [0.1, 0.15) is 33.1 Å². The van der Waals surface area contributed by atoms with Gasteiger partial charge in [-0.2, -0.15) is 0 Å². The van der Waals surface area contributed by atoms with Crippen molar-refractivity contribution >= 4 is 23.7 Å². The number of nitrogens with zero attached hydrogens (tertiary/aromatic N) is 4. The zero-order valence-corrected chi connectivity index (χ0v) is 12.2. The standard InChI is InChI=1S/C12H20N4O2S/c1-3-9-6-5-7-16(9)11-13-14-12(15(11)4-2)19-8-10(17)18/h9H,3-8H2,1-2H3,(H,17,18). The lowest BCUT2D eigenvalue weighted by atomic mass is 10.2. The minimum Gasteiger partial charge on any atom is -0.481 e. The molecule has 1 aliphatic heterocycles. The second-order valence-corrected chi connectivity index (χ2v) is 5.55. The highest BCUT2D eigenvalue weighted by Gasteiger charge is 2.27. The Hall–Kier alpha value is -1.24. The van der Waals surface area contributed by atoms with Gasteiger partial charge in [-0.1, -0.05) is 18.7 Å². The Balaban J connectivity index is 2.19. The number of rotatable bonds is 6. The fourth-order valence-corrected chi connectivity index (χ4v) is 3.24. The quantitative estimate of drug-likeness (QED) is 0.804. The third-order valence-electron chi connectivity index (χ3n) is 3.44. The average molecular weight is 284 g/mol. The molecule has 0 saturated carbocycles. The van der Waals surface area contributed by atoms with E-state index in [1.54, 1.807) is 0 Å². The summed E-state index contributed by atoms with van der Waals surface area (Å²) in [5.74, 6) is 0.0829. The normalized spacial score (nSPS) is 19.1. The predicted octanol–water partition coefficient (Wildman–Crippen LogP) is 1.85. The first kappa shape index (κ1) is 14.2. The zero-order valence-electron chi connectivity index (χ0n) is 11.4. The van der Waals surface area contributed by atoms with E-state index in [0.717, 1.165) is 25.5 Å². The summed E-state index contributed by atoms with van der Waals surface area (Å²) in [5.41, 5.74) is 0. The summed E-state index contributed by atoms with van der Waals surface area (Å²) >= 11 is 1.23. The fraction of sp³-hybridized carbons (Fsp3) is 0.750. The maximum Gasteiger partial charge on any atom is 0.313 e. The first-order chi connectivity index (χ1) is 9.17. The minimum absolute atomic E-state index is 0.0232. The molecule has 1 fully saturated rings. The van der Waals surface area contributed by atoms with Crippen LogP contribution in [0.3, 0.4) is 0 Å². The molecular weight excluding hydrogens is 264 g/mol. The van der Waals surface area contributed by atoms with E-state index in [2.05, 4.69) is 22.0 Å². The van der Waals surface area contributed by atoms with Gasteiger partial charge in [0.25, 0.3) is 0 Å². The number of thioether (sulfide) groups is 1. The van der Waals surface area contributed by atoms with E-state index in [0.29, 0.717) is 11.2 Å². The Morgan fingerprint density at radius 2 is 2.26 bits per heavy atom. The summed E-state index contributed by atoms with van der Waals surface area (Å²) < 4.78 is 2.02. The molecule has 0 bridgehead atoms. The molecule has 0 amide bonds. The lowest BCUT2D eigenvalue weighted by Gasteiger charge is -2.24. The van der Waals surface area contributed by atoms with E-state index < -0.39 is 5.97 Å². The van der Waals surface area contributed by atoms with Crippen LogP contribution in [0, 0.1) is 0 Å². The van der Waals surface area contributed by atoms with Gasteiger partial charge in [-0.15, -0.1) is 10.2 Å². The summed E-state index contributed by atoms with van der Waals surface area (Å²) in [6.45, 7) is 6.00. The highest BCUT2D eigenvalue weighted by molar-refractivity contribution is 7.99. The van der Waals surface area contributed by atoms with E-state index in [1.165, 1.54) is 24.6 Å². The summed E-state index contributed by atoms with van der Waals surface area (Å²) in [7, 11) is 0. The highest BCUT2D eigenvalue weighted by Crippen LogP contribution is 2.28. The summed E-state index contributed by atoms with van der Waals surface area (Å²) in [4.78, 5) is 13.0. The summed E-state index contributed by atoms with van der Waals surface area (Å²) in [6.07, 6.45) is 3.49. The minimum atomic E-state index is -0.829. The second kappa shape index (κ2) is 6.27. The molecule has 7 heteroatoms. The van der Waals surface area contributed by atoms with Gasteiger partial charge in [0, 0.05) is 19.1 Å². The van der Waals surface area contributed by atoms with Crippen molar-refractivity contribution in [2.75, 3.05) is 17.2 Å². The molecule has 2 heterocycles. The van der Waals surface area contributed by atoms with Crippen LogP contribution < -0.4 is 4.90 Å².